The highest BCUT2D eigenvalue weighted by molar-refractivity contribution is 5.00. The van der Waals surface area contributed by atoms with Gasteiger partial charge >= 0.3 is 0 Å². The van der Waals surface area contributed by atoms with Crippen LogP contribution < -0.4 is 0 Å². The monoisotopic (exact) mass is 267 g/mol. The highest BCUT2D eigenvalue weighted by atomic mass is 16.5. The van der Waals surface area contributed by atoms with E-state index in [1.54, 1.807) is 0 Å². The maximum atomic E-state index is 10.3. The van der Waals surface area contributed by atoms with Crippen LogP contribution in [0.2, 0.25) is 0 Å². The van der Waals surface area contributed by atoms with E-state index in [1.807, 2.05) is 0 Å². The molecule has 3 rings (SSSR count). The minimum atomic E-state index is -0.443. The zero-order valence-corrected chi connectivity index (χ0v) is 12.5. The van der Waals surface area contributed by atoms with Crippen molar-refractivity contribution in [3.63, 3.8) is 0 Å². The molecule has 1 atom stereocenters. The average molecular weight is 267 g/mol. The van der Waals surface area contributed by atoms with E-state index in [4.69, 9.17) is 4.74 Å². The van der Waals surface area contributed by atoms with Gasteiger partial charge in [0.15, 0.2) is 0 Å². The maximum Gasteiger partial charge on any atom is 0.0922 e. The van der Waals surface area contributed by atoms with Crippen LogP contribution in [0.4, 0.5) is 0 Å². The quantitative estimate of drug-likeness (QED) is 0.853. The standard InChI is InChI=1S/C16H29NO2/c1-13(2)16(18)11-17(12-16)10-14-6-9-15(19-14)7-4-3-5-8-15/h13-14,18H,3-12H2,1-2H3. The van der Waals surface area contributed by atoms with Crippen LogP contribution in [0.15, 0.2) is 0 Å². The summed E-state index contributed by atoms with van der Waals surface area (Å²) in [6.07, 6.45) is 9.54. The molecule has 0 radical (unpaired) electrons. The molecule has 3 fully saturated rings. The van der Waals surface area contributed by atoms with Crippen molar-refractivity contribution < 1.29 is 9.84 Å². The Morgan fingerprint density at radius 1 is 1.16 bits per heavy atom. The molecule has 2 saturated heterocycles. The van der Waals surface area contributed by atoms with Gasteiger partial charge in [0.1, 0.15) is 0 Å². The highest BCUT2D eigenvalue weighted by Gasteiger charge is 2.46. The number of aliphatic hydroxyl groups is 1. The summed E-state index contributed by atoms with van der Waals surface area (Å²) in [5, 5.41) is 10.3. The molecular weight excluding hydrogens is 238 g/mol. The van der Waals surface area contributed by atoms with Crippen LogP contribution >= 0.6 is 0 Å². The summed E-state index contributed by atoms with van der Waals surface area (Å²) in [6, 6.07) is 0. The summed E-state index contributed by atoms with van der Waals surface area (Å²) in [4.78, 5) is 2.37. The topological polar surface area (TPSA) is 32.7 Å². The molecular formula is C16H29NO2. The fraction of sp³-hybridized carbons (Fsp3) is 1.00. The molecule has 3 nitrogen and oxygen atoms in total. The minimum absolute atomic E-state index is 0.238. The molecule has 1 aliphatic carbocycles. The van der Waals surface area contributed by atoms with E-state index < -0.39 is 5.60 Å². The van der Waals surface area contributed by atoms with E-state index in [9.17, 15) is 5.11 Å². The molecule has 3 heteroatoms. The van der Waals surface area contributed by atoms with E-state index in [1.165, 1.54) is 44.9 Å². The number of nitrogens with zero attached hydrogens (tertiary/aromatic N) is 1. The zero-order chi connectivity index (χ0) is 13.5. The third-order valence-electron chi connectivity index (χ3n) is 5.63. The molecule has 0 amide bonds. The second-order valence-corrected chi connectivity index (χ2v) is 7.45. The Labute approximate surface area is 117 Å². The van der Waals surface area contributed by atoms with Crippen molar-refractivity contribution >= 4 is 0 Å². The summed E-state index contributed by atoms with van der Waals surface area (Å²) in [7, 11) is 0. The number of ether oxygens (including phenoxy) is 1. The second kappa shape index (κ2) is 5.01. The Hall–Kier alpha value is -0.120. The minimum Gasteiger partial charge on any atom is -0.387 e. The normalized spacial score (nSPS) is 33.8. The lowest BCUT2D eigenvalue weighted by atomic mass is 9.82. The number of rotatable bonds is 3. The first kappa shape index (κ1) is 13.8. The number of hydrogen-bond acceptors (Lipinski definition) is 3. The highest BCUT2D eigenvalue weighted by Crippen LogP contribution is 2.42. The molecule has 2 aliphatic heterocycles. The SMILES string of the molecule is CC(C)C1(O)CN(CC2CCC3(CCCCC3)O2)C1. The van der Waals surface area contributed by atoms with E-state index >= 15 is 0 Å². The molecule has 1 unspecified atom stereocenters. The summed E-state index contributed by atoms with van der Waals surface area (Å²) in [5.41, 5.74) is -0.205. The average Bonchev–Trinajstić information content (AvgIpc) is 2.71. The third kappa shape index (κ3) is 2.70. The van der Waals surface area contributed by atoms with E-state index in [2.05, 4.69) is 18.7 Å². The molecule has 0 aromatic carbocycles. The van der Waals surface area contributed by atoms with Gasteiger partial charge in [-0.2, -0.15) is 0 Å². The van der Waals surface area contributed by atoms with Crippen molar-refractivity contribution in [2.24, 2.45) is 5.92 Å². The van der Waals surface area contributed by atoms with Gasteiger partial charge in [-0.25, -0.2) is 0 Å². The smallest absolute Gasteiger partial charge is 0.0922 e. The van der Waals surface area contributed by atoms with Gasteiger partial charge in [-0.1, -0.05) is 33.1 Å². The fourth-order valence-electron chi connectivity index (χ4n) is 4.10. The molecule has 1 saturated carbocycles. The number of hydrogen-bond donors (Lipinski definition) is 1. The maximum absolute atomic E-state index is 10.3. The van der Waals surface area contributed by atoms with Gasteiger partial charge in [-0.05, 0) is 31.6 Å². The van der Waals surface area contributed by atoms with Crippen LogP contribution in [-0.4, -0.2) is 46.9 Å². The van der Waals surface area contributed by atoms with Crippen LogP contribution in [0.25, 0.3) is 0 Å². The number of likely N-dealkylation sites (tertiary alicyclic amines) is 1. The Morgan fingerprint density at radius 3 is 2.47 bits per heavy atom. The first-order chi connectivity index (χ1) is 9.01. The van der Waals surface area contributed by atoms with E-state index in [-0.39, 0.29) is 5.60 Å². The van der Waals surface area contributed by atoms with E-state index in [0.29, 0.717) is 12.0 Å². The van der Waals surface area contributed by atoms with Gasteiger partial charge in [-0.3, -0.25) is 4.90 Å². The van der Waals surface area contributed by atoms with Gasteiger partial charge in [-0.15, -0.1) is 0 Å². The van der Waals surface area contributed by atoms with Gasteiger partial charge in [0, 0.05) is 19.6 Å². The Kier molecular flexibility index (Phi) is 3.65. The summed E-state index contributed by atoms with van der Waals surface area (Å²) in [6.45, 7) is 6.91. The third-order valence-corrected chi connectivity index (χ3v) is 5.63. The number of β-amino-alcohol motifs (C(OH)–C–C–N with tert-alkyl or cyclic N) is 1. The van der Waals surface area contributed by atoms with Gasteiger partial charge in [0.2, 0.25) is 0 Å². The van der Waals surface area contributed by atoms with Crippen molar-refractivity contribution in [1.29, 1.82) is 0 Å². The van der Waals surface area contributed by atoms with Crippen LogP contribution in [-0.2, 0) is 4.74 Å². The molecule has 0 aromatic heterocycles. The van der Waals surface area contributed by atoms with Crippen molar-refractivity contribution in [3.05, 3.63) is 0 Å². The molecule has 3 aliphatic rings. The van der Waals surface area contributed by atoms with Crippen LogP contribution in [0.1, 0.15) is 58.8 Å². The van der Waals surface area contributed by atoms with Crippen LogP contribution in [0.3, 0.4) is 0 Å². The van der Waals surface area contributed by atoms with Gasteiger partial charge in [0.05, 0.1) is 17.3 Å². The lowest BCUT2D eigenvalue weighted by molar-refractivity contribution is -0.146. The molecule has 1 N–H and O–H groups in total. The van der Waals surface area contributed by atoms with Gasteiger partial charge < -0.3 is 9.84 Å². The molecule has 1 spiro atoms. The Bertz CT molecular complexity index is 317. The molecule has 19 heavy (non-hydrogen) atoms. The summed E-state index contributed by atoms with van der Waals surface area (Å²) >= 11 is 0. The van der Waals surface area contributed by atoms with Crippen molar-refractivity contribution in [1.82, 2.24) is 4.90 Å². The summed E-state index contributed by atoms with van der Waals surface area (Å²) < 4.78 is 6.40. The lowest BCUT2D eigenvalue weighted by Crippen LogP contribution is -2.65. The fourth-order valence-corrected chi connectivity index (χ4v) is 4.10. The van der Waals surface area contributed by atoms with Crippen molar-refractivity contribution in [2.45, 2.75) is 76.1 Å². The second-order valence-electron chi connectivity index (χ2n) is 7.45. The van der Waals surface area contributed by atoms with Crippen LogP contribution in [0.5, 0.6) is 0 Å². The Morgan fingerprint density at radius 2 is 1.84 bits per heavy atom. The largest absolute Gasteiger partial charge is 0.387 e. The summed E-state index contributed by atoms with van der Waals surface area (Å²) in [5.74, 6) is 0.359. The predicted molar refractivity (Wildman–Crippen MR) is 76.2 cm³/mol. The zero-order valence-electron chi connectivity index (χ0n) is 12.5. The van der Waals surface area contributed by atoms with Gasteiger partial charge in [0.25, 0.3) is 0 Å². The molecule has 0 bridgehead atoms. The van der Waals surface area contributed by atoms with Crippen LogP contribution in [0, 0.1) is 5.92 Å². The molecule has 2 heterocycles. The Balaban J connectivity index is 1.46. The first-order valence-corrected chi connectivity index (χ1v) is 8.14. The first-order valence-electron chi connectivity index (χ1n) is 8.14. The van der Waals surface area contributed by atoms with E-state index in [0.717, 1.165) is 19.6 Å². The van der Waals surface area contributed by atoms with Crippen molar-refractivity contribution in [3.8, 4) is 0 Å². The predicted octanol–water partition coefficient (Wildman–Crippen LogP) is 2.57. The lowest BCUT2D eigenvalue weighted by Gasteiger charge is -2.50. The molecule has 0 aromatic rings. The van der Waals surface area contributed by atoms with Crippen molar-refractivity contribution in [2.75, 3.05) is 19.6 Å². The molecule has 110 valence electrons.